The van der Waals surface area contributed by atoms with E-state index in [4.69, 9.17) is 0 Å². The number of hydrogen-bond donors (Lipinski definition) is 1. The second kappa shape index (κ2) is 7.10. The smallest absolute Gasteiger partial charge is 0.0729 e. The zero-order chi connectivity index (χ0) is 8.69. The minimum Gasteiger partial charge on any atom is -0.389 e. The van der Waals surface area contributed by atoms with Gasteiger partial charge in [-0.15, -0.1) is 0 Å². The lowest BCUT2D eigenvalue weighted by Crippen LogP contribution is -2.03. The third kappa shape index (κ3) is 5.67. The zero-order valence-electron chi connectivity index (χ0n) is 7.31. The Morgan fingerprint density at radius 2 is 2.18 bits per heavy atom. The normalized spacial score (nSPS) is 15.1. The molecule has 0 aromatic rings. The molecule has 2 heteroatoms. The van der Waals surface area contributed by atoms with Gasteiger partial charge in [0.1, 0.15) is 0 Å². The summed E-state index contributed by atoms with van der Waals surface area (Å²) in [7, 11) is 0. The Hall–Kier alpha value is 0.430. The minimum absolute atomic E-state index is 0.260. The molecule has 0 amide bonds. The van der Waals surface area contributed by atoms with Crippen molar-refractivity contribution in [1.29, 1.82) is 0 Å². The lowest BCUT2D eigenvalue weighted by Gasteiger charge is -2.08. The van der Waals surface area contributed by atoms with Crippen LogP contribution in [0.3, 0.4) is 0 Å². The molecule has 0 aromatic carbocycles. The van der Waals surface area contributed by atoms with Crippen molar-refractivity contribution in [3.8, 4) is 0 Å². The summed E-state index contributed by atoms with van der Waals surface area (Å²) in [5, 5.41) is 9.24. The lowest BCUT2D eigenvalue weighted by molar-refractivity contribution is 0.226. The third-order valence-corrected chi connectivity index (χ3v) is 2.55. The SMILES string of the molecule is CCCCC/C(=C/I)C(C)O. The van der Waals surface area contributed by atoms with E-state index in [2.05, 4.69) is 29.5 Å². The average Bonchev–Trinajstić information content (AvgIpc) is 1.97. The van der Waals surface area contributed by atoms with E-state index in [0.29, 0.717) is 0 Å². The fourth-order valence-corrected chi connectivity index (χ4v) is 1.77. The molecular weight excluding hydrogens is 251 g/mol. The molecule has 0 saturated carbocycles. The van der Waals surface area contributed by atoms with Gasteiger partial charge in [-0.1, -0.05) is 42.4 Å². The van der Waals surface area contributed by atoms with Crippen molar-refractivity contribution in [2.75, 3.05) is 0 Å². The molecule has 0 rings (SSSR count). The van der Waals surface area contributed by atoms with E-state index >= 15 is 0 Å². The highest BCUT2D eigenvalue weighted by Crippen LogP contribution is 2.14. The number of aliphatic hydroxyl groups excluding tert-OH is 1. The van der Waals surface area contributed by atoms with Crippen molar-refractivity contribution < 1.29 is 5.11 Å². The van der Waals surface area contributed by atoms with E-state index in [0.717, 1.165) is 6.42 Å². The maximum absolute atomic E-state index is 9.24. The zero-order valence-corrected chi connectivity index (χ0v) is 9.47. The number of hydrogen-bond acceptors (Lipinski definition) is 1. The molecule has 0 aromatic heterocycles. The Balaban J connectivity index is 3.54. The Bertz CT molecular complexity index is 119. The topological polar surface area (TPSA) is 20.2 Å². The lowest BCUT2D eigenvalue weighted by atomic mass is 10.1. The van der Waals surface area contributed by atoms with Crippen molar-refractivity contribution in [1.82, 2.24) is 0 Å². The molecule has 66 valence electrons. The van der Waals surface area contributed by atoms with Crippen LogP contribution in [0, 0.1) is 0 Å². The quantitative estimate of drug-likeness (QED) is 0.599. The highest BCUT2D eigenvalue weighted by molar-refractivity contribution is 14.1. The first-order valence-corrected chi connectivity index (χ1v) is 5.44. The molecule has 0 fully saturated rings. The molecule has 0 bridgehead atoms. The molecule has 0 spiro atoms. The predicted octanol–water partition coefficient (Wildman–Crippen LogP) is 3.27. The summed E-state index contributed by atoms with van der Waals surface area (Å²) in [6.07, 6.45) is 4.50. The average molecular weight is 268 g/mol. The van der Waals surface area contributed by atoms with E-state index < -0.39 is 0 Å². The summed E-state index contributed by atoms with van der Waals surface area (Å²) < 4.78 is 2.00. The van der Waals surface area contributed by atoms with Crippen molar-refractivity contribution in [2.24, 2.45) is 0 Å². The van der Waals surface area contributed by atoms with E-state index in [9.17, 15) is 5.11 Å². The molecule has 1 atom stereocenters. The van der Waals surface area contributed by atoms with Gasteiger partial charge in [0.15, 0.2) is 0 Å². The molecule has 0 aliphatic heterocycles. The first kappa shape index (κ1) is 11.4. The number of halogens is 1. The first-order chi connectivity index (χ1) is 5.22. The summed E-state index contributed by atoms with van der Waals surface area (Å²) in [6.45, 7) is 4.02. The maximum atomic E-state index is 9.24. The van der Waals surface area contributed by atoms with Crippen LogP contribution in [0.2, 0.25) is 0 Å². The monoisotopic (exact) mass is 268 g/mol. The second-order valence-electron chi connectivity index (χ2n) is 2.82. The summed E-state index contributed by atoms with van der Waals surface area (Å²) in [5.41, 5.74) is 1.17. The predicted molar refractivity (Wildman–Crippen MR) is 57.9 cm³/mol. The molecule has 0 aliphatic carbocycles. The van der Waals surface area contributed by atoms with Crippen LogP contribution in [-0.4, -0.2) is 11.2 Å². The van der Waals surface area contributed by atoms with Crippen LogP contribution in [0.1, 0.15) is 39.5 Å². The van der Waals surface area contributed by atoms with E-state index in [1.807, 2.05) is 11.0 Å². The Morgan fingerprint density at radius 1 is 1.55 bits per heavy atom. The van der Waals surface area contributed by atoms with Crippen molar-refractivity contribution in [3.63, 3.8) is 0 Å². The minimum atomic E-state index is -0.260. The molecule has 0 saturated heterocycles. The van der Waals surface area contributed by atoms with E-state index in [1.165, 1.54) is 24.8 Å². The Kier molecular flexibility index (Phi) is 7.38. The van der Waals surface area contributed by atoms with Gasteiger partial charge in [-0.2, -0.15) is 0 Å². The third-order valence-electron chi connectivity index (χ3n) is 1.75. The van der Waals surface area contributed by atoms with Gasteiger partial charge in [0.05, 0.1) is 6.10 Å². The largest absolute Gasteiger partial charge is 0.389 e. The van der Waals surface area contributed by atoms with E-state index in [-0.39, 0.29) is 6.10 Å². The van der Waals surface area contributed by atoms with Crippen LogP contribution in [0.4, 0.5) is 0 Å². The standard InChI is InChI=1S/C9H17IO/c1-3-4-5-6-9(7-10)8(2)11/h7-8,11H,3-6H2,1-2H3/b9-7-. The highest BCUT2D eigenvalue weighted by Gasteiger charge is 2.02. The summed E-state index contributed by atoms with van der Waals surface area (Å²) in [6, 6.07) is 0. The molecule has 0 aliphatic rings. The Labute approximate surface area is 83.0 Å². The van der Waals surface area contributed by atoms with Crippen LogP contribution in [0.5, 0.6) is 0 Å². The molecule has 11 heavy (non-hydrogen) atoms. The van der Waals surface area contributed by atoms with Gasteiger partial charge < -0.3 is 5.11 Å². The fraction of sp³-hybridized carbons (Fsp3) is 0.778. The van der Waals surface area contributed by atoms with Gasteiger partial charge in [-0.25, -0.2) is 0 Å². The van der Waals surface area contributed by atoms with Crippen LogP contribution < -0.4 is 0 Å². The van der Waals surface area contributed by atoms with Gasteiger partial charge >= 0.3 is 0 Å². The maximum Gasteiger partial charge on any atom is 0.0729 e. The summed E-state index contributed by atoms with van der Waals surface area (Å²) in [5.74, 6) is 0. The molecule has 1 unspecified atom stereocenters. The van der Waals surface area contributed by atoms with E-state index in [1.54, 1.807) is 0 Å². The van der Waals surface area contributed by atoms with Gasteiger partial charge in [-0.3, -0.25) is 0 Å². The molecule has 1 nitrogen and oxygen atoms in total. The highest BCUT2D eigenvalue weighted by atomic mass is 127. The molecular formula is C9H17IO. The molecule has 1 N–H and O–H groups in total. The van der Waals surface area contributed by atoms with Crippen molar-refractivity contribution in [3.05, 3.63) is 9.66 Å². The number of aliphatic hydroxyl groups is 1. The molecule has 0 heterocycles. The van der Waals surface area contributed by atoms with Crippen molar-refractivity contribution >= 4 is 22.6 Å². The fourth-order valence-electron chi connectivity index (χ4n) is 0.934. The Morgan fingerprint density at radius 3 is 2.55 bits per heavy atom. The first-order valence-electron chi connectivity index (χ1n) is 4.19. The van der Waals surface area contributed by atoms with Gasteiger partial charge in [0.25, 0.3) is 0 Å². The van der Waals surface area contributed by atoms with Gasteiger partial charge in [-0.05, 0) is 29.4 Å². The summed E-state index contributed by atoms with van der Waals surface area (Å²) in [4.78, 5) is 0. The van der Waals surface area contributed by atoms with Gasteiger partial charge in [0, 0.05) is 0 Å². The second-order valence-corrected chi connectivity index (χ2v) is 3.44. The molecule has 0 radical (unpaired) electrons. The number of unbranched alkanes of at least 4 members (excludes halogenated alkanes) is 2. The van der Waals surface area contributed by atoms with Crippen LogP contribution in [-0.2, 0) is 0 Å². The number of rotatable bonds is 5. The summed E-state index contributed by atoms with van der Waals surface area (Å²) >= 11 is 2.19. The van der Waals surface area contributed by atoms with Crippen molar-refractivity contribution in [2.45, 2.75) is 45.6 Å². The van der Waals surface area contributed by atoms with Gasteiger partial charge in [0.2, 0.25) is 0 Å². The van der Waals surface area contributed by atoms with Crippen LogP contribution >= 0.6 is 22.6 Å². The van der Waals surface area contributed by atoms with Crippen LogP contribution in [0.15, 0.2) is 9.66 Å². The van der Waals surface area contributed by atoms with Crippen LogP contribution in [0.25, 0.3) is 0 Å².